The summed E-state index contributed by atoms with van der Waals surface area (Å²) in [6.07, 6.45) is 1.22. The molecule has 0 radical (unpaired) electrons. The van der Waals surface area contributed by atoms with Crippen molar-refractivity contribution in [3.05, 3.63) is 48.3 Å². The van der Waals surface area contributed by atoms with E-state index in [4.69, 9.17) is 9.47 Å². The average molecular weight is 348 g/mol. The molecule has 0 saturated carbocycles. The van der Waals surface area contributed by atoms with Crippen molar-refractivity contribution in [1.82, 2.24) is 9.80 Å². The van der Waals surface area contributed by atoms with Gasteiger partial charge in [-0.2, -0.15) is 0 Å². The Labute approximate surface area is 145 Å². The molecule has 1 heterocycles. The number of carboxylic acid groups (broad SMARTS) is 1. The Bertz CT molecular complexity index is 646. The molecule has 134 valence electrons. The van der Waals surface area contributed by atoms with E-state index in [2.05, 4.69) is 0 Å². The van der Waals surface area contributed by atoms with E-state index >= 15 is 0 Å². The molecule has 25 heavy (non-hydrogen) atoms. The summed E-state index contributed by atoms with van der Waals surface area (Å²) in [7, 11) is 0. The van der Waals surface area contributed by atoms with E-state index in [9.17, 15) is 19.5 Å². The molecule has 8 nitrogen and oxygen atoms in total. The molecule has 0 spiro atoms. The van der Waals surface area contributed by atoms with Gasteiger partial charge in [-0.1, -0.05) is 30.3 Å². The fourth-order valence-electron chi connectivity index (χ4n) is 2.33. The maximum atomic E-state index is 12.5. The van der Waals surface area contributed by atoms with E-state index in [1.807, 2.05) is 30.3 Å². The molecule has 1 aliphatic rings. The first kappa shape index (κ1) is 18.5. The first-order valence-electron chi connectivity index (χ1n) is 7.80. The van der Waals surface area contributed by atoms with Crippen molar-refractivity contribution >= 4 is 18.0 Å². The van der Waals surface area contributed by atoms with Crippen molar-refractivity contribution < 1.29 is 29.0 Å². The van der Waals surface area contributed by atoms with Crippen LogP contribution in [0.2, 0.25) is 0 Å². The second-order valence-electron chi connectivity index (χ2n) is 5.28. The average Bonchev–Trinajstić information content (AvgIpc) is 2.59. The van der Waals surface area contributed by atoms with Crippen LogP contribution in [0.3, 0.4) is 0 Å². The molecule has 2 amide bonds. The van der Waals surface area contributed by atoms with E-state index in [0.717, 1.165) is 15.4 Å². The topological polar surface area (TPSA) is 96.4 Å². The highest BCUT2D eigenvalue weighted by molar-refractivity contribution is 5.90. The molecule has 1 N–H and O–H groups in total. The molecule has 1 aliphatic heterocycles. The van der Waals surface area contributed by atoms with Gasteiger partial charge in [0, 0.05) is 12.4 Å². The number of rotatable bonds is 7. The molecular formula is C17H20N2O6. The summed E-state index contributed by atoms with van der Waals surface area (Å²) in [5, 5.41) is 9.25. The van der Waals surface area contributed by atoms with Crippen molar-refractivity contribution in [2.24, 2.45) is 0 Å². The van der Waals surface area contributed by atoms with Gasteiger partial charge < -0.3 is 19.5 Å². The third-order valence-corrected chi connectivity index (χ3v) is 3.52. The number of benzene rings is 1. The fraction of sp³-hybridized carbons (Fsp3) is 0.353. The molecule has 0 fully saturated rings. The normalized spacial score (nSPS) is 16.8. The molecule has 0 unspecified atom stereocenters. The Morgan fingerprint density at radius 2 is 1.92 bits per heavy atom. The van der Waals surface area contributed by atoms with Crippen LogP contribution in [0.25, 0.3) is 0 Å². The Hall–Kier alpha value is -2.87. The van der Waals surface area contributed by atoms with Crippen molar-refractivity contribution in [3.8, 4) is 0 Å². The highest BCUT2D eigenvalue weighted by Crippen LogP contribution is 2.14. The summed E-state index contributed by atoms with van der Waals surface area (Å²) in [6.45, 7) is 1.72. The second-order valence-corrected chi connectivity index (χ2v) is 5.28. The quantitative estimate of drug-likeness (QED) is 0.749. The Morgan fingerprint density at radius 3 is 2.56 bits per heavy atom. The highest BCUT2D eigenvalue weighted by Gasteiger charge is 2.35. The fourth-order valence-corrected chi connectivity index (χ4v) is 2.33. The highest BCUT2D eigenvalue weighted by atomic mass is 16.5. The standard InChI is InChI=1S/C17H20N2O6/c1-2-25-15(20)10-18-8-9-19(17(22)23)14(16(18)21)12-24-11-13-6-4-3-5-7-13/h3-9,14H,2,10-12H2,1H3,(H,22,23)/t14-/m0/s1. The lowest BCUT2D eigenvalue weighted by Crippen LogP contribution is -2.53. The third kappa shape index (κ3) is 5.05. The van der Waals surface area contributed by atoms with E-state index in [1.165, 1.54) is 12.4 Å². The zero-order valence-electron chi connectivity index (χ0n) is 13.8. The van der Waals surface area contributed by atoms with Gasteiger partial charge in [0.15, 0.2) is 0 Å². The maximum Gasteiger partial charge on any atom is 0.412 e. The lowest BCUT2D eigenvalue weighted by atomic mass is 10.2. The zero-order valence-corrected chi connectivity index (χ0v) is 13.8. The lowest BCUT2D eigenvalue weighted by Gasteiger charge is -2.33. The molecule has 0 aliphatic carbocycles. The van der Waals surface area contributed by atoms with Crippen LogP contribution in [-0.4, -0.2) is 58.7 Å². The summed E-state index contributed by atoms with van der Waals surface area (Å²) in [6, 6.07) is 8.27. The second kappa shape index (κ2) is 8.84. The van der Waals surface area contributed by atoms with Crippen molar-refractivity contribution in [2.45, 2.75) is 19.6 Å². The van der Waals surface area contributed by atoms with Crippen molar-refractivity contribution in [1.29, 1.82) is 0 Å². The maximum absolute atomic E-state index is 12.5. The number of carbonyl (C=O) groups excluding carboxylic acids is 2. The Balaban J connectivity index is 2.01. The first-order chi connectivity index (χ1) is 12.0. The van der Waals surface area contributed by atoms with E-state index in [0.29, 0.717) is 0 Å². The molecule has 2 rings (SSSR count). The molecule has 0 aromatic heterocycles. The largest absolute Gasteiger partial charge is 0.465 e. The van der Waals surface area contributed by atoms with Gasteiger partial charge in [0.1, 0.15) is 12.6 Å². The third-order valence-electron chi connectivity index (χ3n) is 3.52. The van der Waals surface area contributed by atoms with Crippen LogP contribution in [0.1, 0.15) is 12.5 Å². The van der Waals surface area contributed by atoms with Crippen LogP contribution < -0.4 is 0 Å². The van der Waals surface area contributed by atoms with Gasteiger partial charge in [-0.3, -0.25) is 14.5 Å². The smallest absolute Gasteiger partial charge is 0.412 e. The number of hydrogen-bond acceptors (Lipinski definition) is 5. The summed E-state index contributed by atoms with van der Waals surface area (Å²) < 4.78 is 10.3. The summed E-state index contributed by atoms with van der Waals surface area (Å²) in [4.78, 5) is 37.4. The van der Waals surface area contributed by atoms with Crippen molar-refractivity contribution in [3.63, 3.8) is 0 Å². The first-order valence-corrected chi connectivity index (χ1v) is 7.80. The molecule has 0 bridgehead atoms. The van der Waals surface area contributed by atoms with E-state index in [1.54, 1.807) is 6.92 Å². The van der Waals surface area contributed by atoms with Crippen LogP contribution in [0, 0.1) is 0 Å². The Morgan fingerprint density at radius 1 is 1.20 bits per heavy atom. The van der Waals surface area contributed by atoms with Crippen LogP contribution in [-0.2, 0) is 25.7 Å². The molecule has 1 aromatic carbocycles. The van der Waals surface area contributed by atoms with Crippen LogP contribution in [0.15, 0.2) is 42.7 Å². The minimum Gasteiger partial charge on any atom is -0.465 e. The van der Waals surface area contributed by atoms with Gasteiger partial charge >= 0.3 is 12.1 Å². The monoisotopic (exact) mass is 348 g/mol. The van der Waals surface area contributed by atoms with Gasteiger partial charge in [-0.05, 0) is 12.5 Å². The van der Waals surface area contributed by atoms with Crippen molar-refractivity contribution in [2.75, 3.05) is 19.8 Å². The predicted octanol–water partition coefficient (Wildman–Crippen LogP) is 1.43. The summed E-state index contributed by atoms with van der Waals surface area (Å²) in [5.41, 5.74) is 0.909. The molecule has 0 saturated heterocycles. The molecule has 1 aromatic rings. The zero-order chi connectivity index (χ0) is 18.2. The Kier molecular flexibility index (Phi) is 6.53. The van der Waals surface area contributed by atoms with Gasteiger partial charge in [-0.25, -0.2) is 4.79 Å². The minimum atomic E-state index is -1.27. The van der Waals surface area contributed by atoms with Gasteiger partial charge in [0.05, 0.1) is 19.8 Å². The summed E-state index contributed by atoms with van der Waals surface area (Å²) >= 11 is 0. The van der Waals surface area contributed by atoms with Crippen LogP contribution in [0.5, 0.6) is 0 Å². The van der Waals surface area contributed by atoms with Gasteiger partial charge in [0.2, 0.25) is 0 Å². The molecule has 1 atom stereocenters. The number of ether oxygens (including phenoxy) is 2. The predicted molar refractivity (Wildman–Crippen MR) is 87.2 cm³/mol. The van der Waals surface area contributed by atoms with Gasteiger partial charge in [0.25, 0.3) is 5.91 Å². The lowest BCUT2D eigenvalue weighted by molar-refractivity contribution is -0.149. The van der Waals surface area contributed by atoms with Crippen LogP contribution >= 0.6 is 0 Å². The minimum absolute atomic E-state index is 0.121. The number of esters is 1. The van der Waals surface area contributed by atoms with Crippen LogP contribution in [0.4, 0.5) is 4.79 Å². The molecule has 8 heteroatoms. The number of hydrogen-bond donors (Lipinski definition) is 1. The number of amides is 2. The van der Waals surface area contributed by atoms with Gasteiger partial charge in [-0.15, -0.1) is 0 Å². The number of carbonyl (C=O) groups is 3. The van der Waals surface area contributed by atoms with E-state index in [-0.39, 0.29) is 26.4 Å². The molecular weight excluding hydrogens is 328 g/mol. The number of nitrogens with zero attached hydrogens (tertiary/aromatic N) is 2. The summed E-state index contributed by atoms with van der Waals surface area (Å²) in [5.74, 6) is -1.10. The SMILES string of the molecule is CCOC(=O)CN1C=CN(C(=O)O)[C@@H](COCc2ccccc2)C1=O. The van der Waals surface area contributed by atoms with E-state index < -0.39 is 24.0 Å².